The second-order valence-corrected chi connectivity index (χ2v) is 5.65. The molecule has 0 unspecified atom stereocenters. The monoisotopic (exact) mass is 322 g/mol. The fourth-order valence-electron chi connectivity index (χ4n) is 2.23. The third-order valence-electron chi connectivity index (χ3n) is 3.45. The van der Waals surface area contributed by atoms with E-state index in [1.807, 2.05) is 18.2 Å². The van der Waals surface area contributed by atoms with E-state index >= 15 is 0 Å². The molecule has 1 saturated heterocycles. The summed E-state index contributed by atoms with van der Waals surface area (Å²) < 4.78 is 0.981. The van der Waals surface area contributed by atoms with Gasteiger partial charge in [-0.05, 0) is 34.1 Å². The summed E-state index contributed by atoms with van der Waals surface area (Å²) in [6.45, 7) is 6.49. The SMILES string of the molecule is CN(CCN1CCNCC1)c1ccc(C#N)cc1Br. The Kier molecular flexibility index (Phi) is 5.20. The van der Waals surface area contributed by atoms with Gasteiger partial charge in [0.25, 0.3) is 0 Å². The Morgan fingerprint density at radius 1 is 1.42 bits per heavy atom. The van der Waals surface area contributed by atoms with Crippen molar-refractivity contribution in [3.05, 3.63) is 28.2 Å². The first-order valence-corrected chi connectivity index (χ1v) is 7.34. The molecule has 2 rings (SSSR count). The standard InChI is InChI=1S/C14H19BrN4/c1-18(8-9-19-6-4-17-5-7-19)14-3-2-12(11-16)10-13(14)15/h2-3,10,17H,4-9H2,1H3. The Labute approximate surface area is 123 Å². The van der Waals surface area contributed by atoms with Crippen LogP contribution in [-0.2, 0) is 0 Å². The van der Waals surface area contributed by atoms with Gasteiger partial charge in [-0.1, -0.05) is 0 Å². The number of halogens is 1. The lowest BCUT2D eigenvalue weighted by molar-refractivity contribution is 0.246. The van der Waals surface area contributed by atoms with Crippen LogP contribution in [0, 0.1) is 11.3 Å². The summed E-state index contributed by atoms with van der Waals surface area (Å²) in [4.78, 5) is 4.71. The molecule has 1 aliphatic rings. The van der Waals surface area contributed by atoms with Gasteiger partial charge < -0.3 is 10.2 Å². The number of rotatable bonds is 4. The number of nitrogens with zero attached hydrogens (tertiary/aromatic N) is 3. The van der Waals surface area contributed by atoms with E-state index in [0.717, 1.165) is 49.4 Å². The first-order valence-electron chi connectivity index (χ1n) is 6.54. The number of benzene rings is 1. The zero-order valence-electron chi connectivity index (χ0n) is 11.2. The van der Waals surface area contributed by atoms with E-state index in [4.69, 9.17) is 5.26 Å². The lowest BCUT2D eigenvalue weighted by Crippen LogP contribution is -2.46. The van der Waals surface area contributed by atoms with Crippen molar-refractivity contribution in [3.63, 3.8) is 0 Å². The molecule has 0 aromatic heterocycles. The zero-order chi connectivity index (χ0) is 13.7. The second kappa shape index (κ2) is 6.90. The molecule has 102 valence electrons. The molecule has 1 aromatic carbocycles. The van der Waals surface area contributed by atoms with Gasteiger partial charge in [-0.3, -0.25) is 4.90 Å². The Morgan fingerprint density at radius 3 is 2.79 bits per heavy atom. The average molecular weight is 323 g/mol. The molecule has 1 N–H and O–H groups in total. The van der Waals surface area contributed by atoms with Crippen molar-refractivity contribution < 1.29 is 0 Å². The normalized spacial score (nSPS) is 16.1. The molecular formula is C14H19BrN4. The average Bonchev–Trinajstić information content (AvgIpc) is 2.45. The minimum absolute atomic E-state index is 0.686. The molecule has 0 amide bonds. The van der Waals surface area contributed by atoms with Crippen molar-refractivity contribution in [2.24, 2.45) is 0 Å². The van der Waals surface area contributed by atoms with Crippen molar-refractivity contribution in [1.29, 1.82) is 5.26 Å². The van der Waals surface area contributed by atoms with Gasteiger partial charge in [0.15, 0.2) is 0 Å². The number of hydrogen-bond donors (Lipinski definition) is 1. The lowest BCUT2D eigenvalue weighted by Gasteiger charge is -2.30. The van der Waals surface area contributed by atoms with Crippen LogP contribution in [0.4, 0.5) is 5.69 Å². The van der Waals surface area contributed by atoms with Crippen molar-refractivity contribution >= 4 is 21.6 Å². The summed E-state index contributed by atoms with van der Waals surface area (Å²) in [6, 6.07) is 7.89. The Bertz CT molecular complexity index is 463. The molecule has 0 saturated carbocycles. The van der Waals surface area contributed by atoms with Gasteiger partial charge in [-0.15, -0.1) is 0 Å². The number of anilines is 1. The van der Waals surface area contributed by atoms with E-state index < -0.39 is 0 Å². The van der Waals surface area contributed by atoms with E-state index in [0.29, 0.717) is 5.56 Å². The Morgan fingerprint density at radius 2 is 2.16 bits per heavy atom. The molecule has 4 nitrogen and oxygen atoms in total. The van der Waals surface area contributed by atoms with Crippen LogP contribution in [0.3, 0.4) is 0 Å². The summed E-state index contributed by atoms with van der Waals surface area (Å²) in [7, 11) is 2.09. The summed E-state index contributed by atoms with van der Waals surface area (Å²) in [6.07, 6.45) is 0. The maximum Gasteiger partial charge on any atom is 0.0992 e. The fourth-order valence-corrected chi connectivity index (χ4v) is 2.91. The zero-order valence-corrected chi connectivity index (χ0v) is 12.8. The molecule has 0 aliphatic carbocycles. The first kappa shape index (κ1) is 14.3. The van der Waals surface area contributed by atoms with Gasteiger partial charge in [0.05, 0.1) is 17.3 Å². The molecule has 0 radical (unpaired) electrons. The summed E-state index contributed by atoms with van der Waals surface area (Å²) in [5, 5.41) is 12.2. The first-order chi connectivity index (χ1) is 9.20. The highest BCUT2D eigenvalue weighted by molar-refractivity contribution is 9.10. The van der Waals surface area contributed by atoms with Gasteiger partial charge in [0, 0.05) is 50.8 Å². The molecule has 1 aliphatic heterocycles. The van der Waals surface area contributed by atoms with Crippen LogP contribution in [0.1, 0.15) is 5.56 Å². The molecule has 1 heterocycles. The fraction of sp³-hybridized carbons (Fsp3) is 0.500. The molecule has 1 fully saturated rings. The number of nitriles is 1. The van der Waals surface area contributed by atoms with E-state index in [1.165, 1.54) is 0 Å². The number of hydrogen-bond acceptors (Lipinski definition) is 4. The number of likely N-dealkylation sites (N-methyl/N-ethyl adjacent to an activating group) is 1. The molecule has 0 spiro atoms. The van der Waals surface area contributed by atoms with Crippen LogP contribution in [-0.4, -0.2) is 51.2 Å². The van der Waals surface area contributed by atoms with Crippen LogP contribution < -0.4 is 10.2 Å². The third-order valence-corrected chi connectivity index (χ3v) is 4.08. The smallest absolute Gasteiger partial charge is 0.0992 e. The van der Waals surface area contributed by atoms with Crippen molar-refractivity contribution in [2.45, 2.75) is 0 Å². The molecule has 19 heavy (non-hydrogen) atoms. The van der Waals surface area contributed by atoms with E-state index in [2.05, 4.69) is 44.2 Å². The van der Waals surface area contributed by atoms with Gasteiger partial charge >= 0.3 is 0 Å². The van der Waals surface area contributed by atoms with E-state index in [1.54, 1.807) is 0 Å². The Hall–Kier alpha value is -1.09. The van der Waals surface area contributed by atoms with Gasteiger partial charge in [-0.25, -0.2) is 0 Å². The number of nitrogens with one attached hydrogen (secondary N) is 1. The highest BCUT2D eigenvalue weighted by atomic mass is 79.9. The molecule has 0 bridgehead atoms. The predicted molar refractivity (Wildman–Crippen MR) is 81.4 cm³/mol. The summed E-state index contributed by atoms with van der Waals surface area (Å²) >= 11 is 3.54. The van der Waals surface area contributed by atoms with Crippen molar-refractivity contribution in [1.82, 2.24) is 10.2 Å². The van der Waals surface area contributed by atoms with Gasteiger partial charge in [-0.2, -0.15) is 5.26 Å². The van der Waals surface area contributed by atoms with Crippen LogP contribution in [0.25, 0.3) is 0 Å². The molecule has 0 atom stereocenters. The van der Waals surface area contributed by atoms with Crippen LogP contribution in [0.2, 0.25) is 0 Å². The molecular weight excluding hydrogens is 304 g/mol. The minimum Gasteiger partial charge on any atom is -0.372 e. The maximum atomic E-state index is 8.87. The van der Waals surface area contributed by atoms with Crippen LogP contribution in [0.15, 0.2) is 22.7 Å². The Balaban J connectivity index is 1.92. The van der Waals surface area contributed by atoms with E-state index in [-0.39, 0.29) is 0 Å². The second-order valence-electron chi connectivity index (χ2n) is 4.79. The van der Waals surface area contributed by atoms with Crippen LogP contribution in [0.5, 0.6) is 0 Å². The highest BCUT2D eigenvalue weighted by Gasteiger charge is 2.11. The number of piperazine rings is 1. The highest BCUT2D eigenvalue weighted by Crippen LogP contribution is 2.26. The predicted octanol–water partition coefficient (Wildman–Crippen LogP) is 1.66. The van der Waals surface area contributed by atoms with Crippen LogP contribution >= 0.6 is 15.9 Å². The largest absolute Gasteiger partial charge is 0.372 e. The van der Waals surface area contributed by atoms with E-state index in [9.17, 15) is 0 Å². The van der Waals surface area contributed by atoms with Gasteiger partial charge in [0.1, 0.15) is 0 Å². The minimum atomic E-state index is 0.686. The topological polar surface area (TPSA) is 42.3 Å². The quantitative estimate of drug-likeness (QED) is 0.915. The summed E-state index contributed by atoms with van der Waals surface area (Å²) in [5.41, 5.74) is 1.82. The summed E-state index contributed by atoms with van der Waals surface area (Å²) in [5.74, 6) is 0. The maximum absolute atomic E-state index is 8.87. The molecule has 5 heteroatoms. The van der Waals surface area contributed by atoms with Crippen molar-refractivity contribution in [3.8, 4) is 6.07 Å². The molecule has 1 aromatic rings. The van der Waals surface area contributed by atoms with Gasteiger partial charge in [0.2, 0.25) is 0 Å². The third kappa shape index (κ3) is 3.93. The van der Waals surface area contributed by atoms with Crippen molar-refractivity contribution in [2.75, 3.05) is 51.2 Å². The lowest BCUT2D eigenvalue weighted by atomic mass is 10.2.